The number of sulfonamides is 1. The van der Waals surface area contributed by atoms with Crippen LogP contribution < -0.4 is 14.2 Å². The van der Waals surface area contributed by atoms with Crippen LogP contribution in [-0.2, 0) is 10.0 Å². The molecule has 2 aromatic carbocycles. The van der Waals surface area contributed by atoms with Crippen molar-refractivity contribution in [3.63, 3.8) is 0 Å². The summed E-state index contributed by atoms with van der Waals surface area (Å²) in [4.78, 5) is 11.0. The highest BCUT2D eigenvalue weighted by Gasteiger charge is 2.10. The molecule has 0 bridgehead atoms. The molecule has 0 spiro atoms. The maximum atomic E-state index is 12.2. The Morgan fingerprint density at radius 3 is 2.65 bits per heavy atom. The first-order valence-electron chi connectivity index (χ1n) is 7.48. The molecule has 0 fully saturated rings. The minimum absolute atomic E-state index is 0.0972. The number of nitrogens with one attached hydrogen (secondary N) is 1. The normalized spacial score (nSPS) is 10.9. The summed E-state index contributed by atoms with van der Waals surface area (Å²) in [6.07, 6.45) is 7.14. The maximum absolute atomic E-state index is 12.2. The van der Waals surface area contributed by atoms with Crippen LogP contribution in [0.25, 0.3) is 6.08 Å². The molecule has 0 radical (unpaired) electrons. The van der Waals surface area contributed by atoms with Crippen LogP contribution in [0.15, 0.2) is 47.9 Å². The van der Waals surface area contributed by atoms with Gasteiger partial charge >= 0.3 is 0 Å². The van der Waals surface area contributed by atoms with Gasteiger partial charge in [-0.25, -0.2) is 8.42 Å². The topological polar surface area (TPSA) is 81.7 Å². The Kier molecular flexibility index (Phi) is 6.42. The van der Waals surface area contributed by atoms with Gasteiger partial charge in [0.15, 0.2) is 17.8 Å². The minimum atomic E-state index is -3.80. The fourth-order valence-corrected chi connectivity index (χ4v) is 2.97. The number of methoxy groups -OCH3 is 1. The lowest BCUT2D eigenvalue weighted by Crippen LogP contribution is -2.10. The highest BCUT2D eigenvalue weighted by Crippen LogP contribution is 2.28. The van der Waals surface area contributed by atoms with Gasteiger partial charge in [-0.2, -0.15) is 0 Å². The molecule has 0 aromatic heterocycles. The van der Waals surface area contributed by atoms with Crippen LogP contribution in [0.3, 0.4) is 0 Å². The van der Waals surface area contributed by atoms with Crippen molar-refractivity contribution in [2.75, 3.05) is 18.4 Å². The smallest absolute Gasteiger partial charge is 0.255 e. The molecule has 0 aliphatic heterocycles. The van der Waals surface area contributed by atoms with Crippen LogP contribution in [0.5, 0.6) is 11.5 Å². The van der Waals surface area contributed by atoms with Gasteiger partial charge in [0.25, 0.3) is 10.0 Å². The van der Waals surface area contributed by atoms with Crippen LogP contribution in [-0.4, -0.2) is 28.4 Å². The molecule has 0 heterocycles. The molecule has 2 aromatic rings. The number of carbonyl (C=O) groups is 1. The first kappa shape index (κ1) is 19.1. The summed E-state index contributed by atoms with van der Waals surface area (Å²) in [6.45, 7) is 0.0972. The van der Waals surface area contributed by atoms with E-state index in [2.05, 4.69) is 10.6 Å². The second-order valence-corrected chi connectivity index (χ2v) is 6.62. The number of hydrogen-bond donors (Lipinski definition) is 1. The van der Waals surface area contributed by atoms with Crippen LogP contribution in [0, 0.1) is 12.3 Å². The predicted molar refractivity (Wildman–Crippen MR) is 101 cm³/mol. The fraction of sp³-hybridized carbons (Fsp3) is 0.105. The molecule has 0 unspecified atom stereocenters. The van der Waals surface area contributed by atoms with Gasteiger partial charge in [-0.3, -0.25) is 9.52 Å². The molecule has 26 heavy (non-hydrogen) atoms. The Balaban J connectivity index is 2.20. The lowest BCUT2D eigenvalue weighted by atomic mass is 10.2. The third-order valence-electron chi connectivity index (χ3n) is 3.28. The highest BCUT2D eigenvalue weighted by molar-refractivity contribution is 7.95. The Morgan fingerprint density at radius 1 is 1.19 bits per heavy atom. The Labute approximate surface area is 152 Å². The van der Waals surface area contributed by atoms with Gasteiger partial charge in [0.05, 0.1) is 18.2 Å². The van der Waals surface area contributed by atoms with Gasteiger partial charge in [0, 0.05) is 5.56 Å². The van der Waals surface area contributed by atoms with E-state index in [-0.39, 0.29) is 17.9 Å². The fourth-order valence-electron chi connectivity index (χ4n) is 2.07. The number of rotatable bonds is 8. The van der Waals surface area contributed by atoms with Crippen LogP contribution in [0.4, 0.5) is 5.69 Å². The number of carbonyl (C=O) groups excluding carboxylic acids is 1. The van der Waals surface area contributed by atoms with Crippen molar-refractivity contribution in [3.8, 4) is 23.8 Å². The van der Waals surface area contributed by atoms with Crippen LogP contribution in [0.1, 0.15) is 15.9 Å². The molecule has 6 nitrogen and oxygen atoms in total. The molecule has 0 amide bonds. The van der Waals surface area contributed by atoms with Gasteiger partial charge in [-0.15, -0.1) is 6.42 Å². The van der Waals surface area contributed by atoms with Gasteiger partial charge in [0.2, 0.25) is 0 Å². The number of anilines is 1. The van der Waals surface area contributed by atoms with Crippen LogP contribution >= 0.6 is 0 Å². The minimum Gasteiger partial charge on any atom is -0.493 e. The number of hydrogen-bond acceptors (Lipinski definition) is 5. The molecule has 134 valence electrons. The van der Waals surface area contributed by atoms with Crippen molar-refractivity contribution in [2.24, 2.45) is 0 Å². The summed E-state index contributed by atoms with van der Waals surface area (Å²) in [7, 11) is -2.32. The molecule has 0 saturated heterocycles. The Morgan fingerprint density at radius 2 is 1.96 bits per heavy atom. The molecule has 7 heteroatoms. The molecule has 0 atom stereocenters. The van der Waals surface area contributed by atoms with Gasteiger partial charge in [-0.1, -0.05) is 24.1 Å². The number of para-hydroxylation sites is 1. The van der Waals surface area contributed by atoms with Crippen molar-refractivity contribution in [3.05, 3.63) is 59.0 Å². The summed E-state index contributed by atoms with van der Waals surface area (Å²) in [6, 6.07) is 11.2. The highest BCUT2D eigenvalue weighted by atomic mass is 32.2. The average molecular weight is 371 g/mol. The Hall–Kier alpha value is -3.24. The number of terminal acetylenes is 1. The van der Waals surface area contributed by atoms with E-state index in [4.69, 9.17) is 15.9 Å². The zero-order valence-corrected chi connectivity index (χ0v) is 14.8. The van der Waals surface area contributed by atoms with E-state index in [0.29, 0.717) is 23.3 Å². The molecule has 1 N–H and O–H groups in total. The summed E-state index contributed by atoms with van der Waals surface area (Å²) >= 11 is 0. The third-order valence-corrected chi connectivity index (χ3v) is 4.28. The monoisotopic (exact) mass is 371 g/mol. The van der Waals surface area contributed by atoms with E-state index in [1.807, 2.05) is 0 Å². The van der Waals surface area contributed by atoms with Crippen molar-refractivity contribution in [1.82, 2.24) is 0 Å². The summed E-state index contributed by atoms with van der Waals surface area (Å²) in [5.74, 6) is 3.25. The lowest BCUT2D eigenvalue weighted by molar-refractivity contribution is 0.112. The lowest BCUT2D eigenvalue weighted by Gasteiger charge is -2.09. The maximum Gasteiger partial charge on any atom is 0.255 e. The van der Waals surface area contributed by atoms with Crippen LogP contribution in [0.2, 0.25) is 0 Å². The van der Waals surface area contributed by atoms with Gasteiger partial charge in [-0.05, 0) is 35.9 Å². The first-order valence-corrected chi connectivity index (χ1v) is 9.03. The second-order valence-electron chi connectivity index (χ2n) is 5.06. The summed E-state index contributed by atoms with van der Waals surface area (Å²) in [5, 5.41) is 1.01. The first-order chi connectivity index (χ1) is 12.5. The molecular weight excluding hydrogens is 354 g/mol. The zero-order valence-electron chi connectivity index (χ0n) is 14.0. The van der Waals surface area contributed by atoms with E-state index in [9.17, 15) is 13.2 Å². The van der Waals surface area contributed by atoms with Crippen molar-refractivity contribution in [1.29, 1.82) is 0 Å². The van der Waals surface area contributed by atoms with E-state index >= 15 is 0 Å². The van der Waals surface area contributed by atoms with Crippen molar-refractivity contribution in [2.45, 2.75) is 0 Å². The largest absolute Gasteiger partial charge is 0.493 e. The van der Waals surface area contributed by atoms with Gasteiger partial charge < -0.3 is 9.47 Å². The van der Waals surface area contributed by atoms with E-state index in [1.165, 1.54) is 25.3 Å². The zero-order chi connectivity index (χ0) is 19.0. The molecule has 0 saturated carbocycles. The molecule has 2 rings (SSSR count). The van der Waals surface area contributed by atoms with Gasteiger partial charge in [0.1, 0.15) is 6.61 Å². The summed E-state index contributed by atoms with van der Waals surface area (Å²) < 4.78 is 37.3. The standard InChI is InChI=1S/C19H17NO5S/c1-3-11-25-18-9-8-15(13-19(18)24-2)10-12-26(22,23)20-17-7-5-4-6-16(17)14-21/h1,4-10,12-14,20H,11H2,2H3/b12-10+. The third kappa shape index (κ3) is 5.13. The molecule has 0 aliphatic rings. The molecular formula is C19H17NO5S. The number of aldehydes is 1. The summed E-state index contributed by atoms with van der Waals surface area (Å²) in [5.41, 5.74) is 1.05. The number of ether oxygens (including phenoxy) is 2. The average Bonchev–Trinajstić information content (AvgIpc) is 2.65. The quantitative estimate of drug-likeness (QED) is 0.570. The van der Waals surface area contributed by atoms with E-state index in [0.717, 1.165) is 5.41 Å². The van der Waals surface area contributed by atoms with Crippen molar-refractivity contribution >= 4 is 28.1 Å². The number of benzene rings is 2. The van der Waals surface area contributed by atoms with E-state index < -0.39 is 10.0 Å². The van der Waals surface area contributed by atoms with Crippen molar-refractivity contribution < 1.29 is 22.7 Å². The predicted octanol–water partition coefficient (Wildman–Crippen LogP) is 2.93. The molecule has 0 aliphatic carbocycles. The SMILES string of the molecule is C#CCOc1ccc(/C=C/S(=O)(=O)Nc2ccccc2C=O)cc1OC. The Bertz CT molecular complexity index is 958. The second kappa shape index (κ2) is 8.74. The van der Waals surface area contributed by atoms with E-state index in [1.54, 1.807) is 30.3 Å².